The van der Waals surface area contributed by atoms with Crippen molar-refractivity contribution < 1.29 is 18.9 Å². The van der Waals surface area contributed by atoms with Gasteiger partial charge in [0.15, 0.2) is 23.0 Å². The van der Waals surface area contributed by atoms with Crippen LogP contribution in [0.3, 0.4) is 0 Å². The number of rotatable bonds is 6. The van der Waals surface area contributed by atoms with E-state index in [1.165, 1.54) is 0 Å². The van der Waals surface area contributed by atoms with Gasteiger partial charge in [-0.1, -0.05) is 12.1 Å². The van der Waals surface area contributed by atoms with Crippen LogP contribution in [-0.2, 0) is 0 Å². The van der Waals surface area contributed by atoms with Gasteiger partial charge in [0.05, 0.1) is 34.0 Å². The molecule has 0 fully saturated rings. The third kappa shape index (κ3) is 3.20. The summed E-state index contributed by atoms with van der Waals surface area (Å²) in [4.78, 5) is 0. The molecule has 7 heteroatoms. The van der Waals surface area contributed by atoms with E-state index in [1.54, 1.807) is 28.4 Å². The molecule has 2 aromatic heterocycles. The highest BCUT2D eigenvalue weighted by Gasteiger charge is 2.20. The van der Waals surface area contributed by atoms with Crippen LogP contribution in [0.4, 0.5) is 0 Å². The fourth-order valence-corrected chi connectivity index (χ4v) is 3.31. The molecule has 0 saturated heterocycles. The number of nitrogens with zero attached hydrogens (tertiary/aromatic N) is 3. The van der Waals surface area contributed by atoms with Crippen molar-refractivity contribution in [3.05, 3.63) is 54.7 Å². The third-order valence-corrected chi connectivity index (χ3v) is 4.77. The molecule has 0 aliphatic carbocycles. The van der Waals surface area contributed by atoms with Gasteiger partial charge >= 0.3 is 0 Å². The van der Waals surface area contributed by atoms with Gasteiger partial charge in [-0.25, -0.2) is 0 Å². The number of methoxy groups -OCH3 is 4. The second kappa shape index (κ2) is 7.71. The van der Waals surface area contributed by atoms with Crippen LogP contribution in [0, 0.1) is 0 Å². The zero-order valence-corrected chi connectivity index (χ0v) is 16.7. The molecule has 0 aliphatic rings. The molecule has 0 unspecified atom stereocenters. The molecule has 2 aromatic carbocycles. The Balaban J connectivity index is 1.87. The van der Waals surface area contributed by atoms with E-state index in [9.17, 15) is 0 Å². The maximum atomic E-state index is 5.62. The van der Waals surface area contributed by atoms with Gasteiger partial charge in [0.25, 0.3) is 0 Å². The molecule has 0 atom stereocenters. The summed E-state index contributed by atoms with van der Waals surface area (Å²) in [6, 6.07) is 15.6. The van der Waals surface area contributed by atoms with E-state index in [4.69, 9.17) is 18.9 Å². The average Bonchev–Trinajstić information content (AvgIpc) is 3.20. The highest BCUT2D eigenvalue weighted by molar-refractivity contribution is 5.75. The van der Waals surface area contributed by atoms with Gasteiger partial charge < -0.3 is 18.9 Å². The number of fused-ring (bicyclic) bond motifs is 1. The predicted molar refractivity (Wildman–Crippen MR) is 110 cm³/mol. The monoisotopic (exact) mass is 391 g/mol. The molecule has 29 heavy (non-hydrogen) atoms. The number of hydrogen-bond acceptors (Lipinski definition) is 6. The molecule has 0 bridgehead atoms. The third-order valence-electron chi connectivity index (χ3n) is 4.77. The summed E-state index contributed by atoms with van der Waals surface area (Å²) >= 11 is 0. The van der Waals surface area contributed by atoms with Crippen molar-refractivity contribution in [2.45, 2.75) is 0 Å². The Hall–Kier alpha value is -3.74. The average molecular weight is 391 g/mol. The Kier molecular flexibility index (Phi) is 4.95. The fraction of sp³-hybridized carbons (Fsp3) is 0.182. The Morgan fingerprint density at radius 2 is 1.38 bits per heavy atom. The molecule has 0 aliphatic heterocycles. The molecule has 4 rings (SSSR count). The van der Waals surface area contributed by atoms with Gasteiger partial charge in [-0.05, 0) is 47.5 Å². The quantitative estimate of drug-likeness (QED) is 0.493. The van der Waals surface area contributed by atoms with Crippen molar-refractivity contribution in [3.63, 3.8) is 0 Å². The number of aromatic nitrogens is 3. The number of hydrogen-bond donors (Lipinski definition) is 0. The van der Waals surface area contributed by atoms with E-state index < -0.39 is 0 Å². The first-order chi connectivity index (χ1) is 14.2. The fourth-order valence-electron chi connectivity index (χ4n) is 3.31. The van der Waals surface area contributed by atoms with Crippen LogP contribution in [0.2, 0.25) is 0 Å². The van der Waals surface area contributed by atoms with Crippen molar-refractivity contribution >= 4 is 5.65 Å². The minimum atomic E-state index is 0.510. The minimum absolute atomic E-state index is 0.510. The Morgan fingerprint density at radius 1 is 0.655 bits per heavy atom. The van der Waals surface area contributed by atoms with Crippen LogP contribution in [0.5, 0.6) is 23.0 Å². The normalized spacial score (nSPS) is 10.8. The van der Waals surface area contributed by atoms with Crippen molar-refractivity contribution in [2.24, 2.45) is 0 Å². The molecule has 2 heterocycles. The molecular weight excluding hydrogens is 370 g/mol. The molecule has 0 N–H and O–H groups in total. The Labute approximate surface area is 168 Å². The summed E-state index contributed by atoms with van der Waals surface area (Å²) < 4.78 is 23.7. The van der Waals surface area contributed by atoms with Crippen LogP contribution < -0.4 is 18.9 Å². The van der Waals surface area contributed by atoms with Crippen LogP contribution >= 0.6 is 0 Å². The van der Waals surface area contributed by atoms with Gasteiger partial charge in [-0.3, -0.25) is 4.40 Å². The lowest BCUT2D eigenvalue weighted by atomic mass is 10.1. The van der Waals surface area contributed by atoms with Crippen molar-refractivity contribution in [3.8, 4) is 45.5 Å². The van der Waals surface area contributed by atoms with Gasteiger partial charge in [0.1, 0.15) is 5.75 Å². The zero-order valence-electron chi connectivity index (χ0n) is 16.7. The Bertz CT molecular complexity index is 1150. The van der Waals surface area contributed by atoms with E-state index >= 15 is 0 Å². The minimum Gasteiger partial charge on any atom is -0.497 e. The first kappa shape index (κ1) is 18.6. The van der Waals surface area contributed by atoms with Crippen molar-refractivity contribution in [2.75, 3.05) is 28.4 Å². The lowest BCUT2D eigenvalue weighted by Crippen LogP contribution is -1.99. The first-order valence-corrected chi connectivity index (χ1v) is 8.98. The smallest absolute Gasteiger partial charge is 0.204 e. The molecule has 0 saturated carbocycles. The maximum absolute atomic E-state index is 5.62. The molecular formula is C22H21N3O4. The largest absolute Gasteiger partial charge is 0.497 e. The molecule has 0 amide bonds. The summed E-state index contributed by atoms with van der Waals surface area (Å²) in [5.41, 5.74) is 3.57. The van der Waals surface area contributed by atoms with E-state index in [-0.39, 0.29) is 0 Å². The number of pyridine rings is 1. The summed E-state index contributed by atoms with van der Waals surface area (Å²) in [5, 5.41) is 8.68. The van der Waals surface area contributed by atoms with Crippen LogP contribution in [0.1, 0.15) is 0 Å². The van der Waals surface area contributed by atoms with Crippen molar-refractivity contribution in [1.82, 2.24) is 14.6 Å². The predicted octanol–water partition coefficient (Wildman–Crippen LogP) is 4.10. The topological polar surface area (TPSA) is 67.1 Å². The first-order valence-electron chi connectivity index (χ1n) is 8.98. The second-order valence-corrected chi connectivity index (χ2v) is 6.28. The summed E-state index contributed by atoms with van der Waals surface area (Å²) in [6.45, 7) is 0. The van der Waals surface area contributed by atoms with Gasteiger partial charge in [0, 0.05) is 6.20 Å². The lowest BCUT2D eigenvalue weighted by molar-refractivity contribution is 0.325. The van der Waals surface area contributed by atoms with E-state index in [0.29, 0.717) is 23.1 Å². The van der Waals surface area contributed by atoms with Gasteiger partial charge in [-0.2, -0.15) is 0 Å². The van der Waals surface area contributed by atoms with Gasteiger partial charge in [0.2, 0.25) is 5.75 Å². The lowest BCUT2D eigenvalue weighted by Gasteiger charge is -2.15. The summed E-state index contributed by atoms with van der Waals surface area (Å²) in [6.07, 6.45) is 2.00. The number of ether oxygens (including phenoxy) is 4. The summed E-state index contributed by atoms with van der Waals surface area (Å²) in [7, 11) is 6.41. The number of benzene rings is 2. The van der Waals surface area contributed by atoms with Gasteiger partial charge in [-0.15, -0.1) is 10.2 Å². The second-order valence-electron chi connectivity index (χ2n) is 6.28. The highest BCUT2D eigenvalue weighted by atomic mass is 16.5. The summed E-state index contributed by atoms with van der Waals surface area (Å²) in [5.74, 6) is 3.09. The molecule has 4 aromatic rings. The molecule has 148 valence electrons. The zero-order chi connectivity index (χ0) is 20.4. The van der Waals surface area contributed by atoms with Crippen LogP contribution in [0.15, 0.2) is 54.7 Å². The standard InChI is InChI=1S/C22H21N3O4/c1-26-16-8-5-14(6-9-16)15-7-12-19-23-24-22(25(19)13-15)17-10-11-18(27-2)21(29-4)20(17)28-3/h5-13H,1-4H3. The molecule has 7 nitrogen and oxygen atoms in total. The Morgan fingerprint density at radius 3 is 2.03 bits per heavy atom. The van der Waals surface area contributed by atoms with Crippen LogP contribution in [0.25, 0.3) is 28.2 Å². The van der Waals surface area contributed by atoms with E-state index in [1.807, 2.05) is 59.1 Å². The van der Waals surface area contributed by atoms with E-state index in [0.717, 1.165) is 28.1 Å². The molecule has 0 radical (unpaired) electrons. The van der Waals surface area contributed by atoms with E-state index in [2.05, 4.69) is 10.2 Å². The highest BCUT2D eigenvalue weighted by Crippen LogP contribution is 2.43. The van der Waals surface area contributed by atoms with Crippen LogP contribution in [-0.4, -0.2) is 43.0 Å². The molecule has 0 spiro atoms. The van der Waals surface area contributed by atoms with Crippen molar-refractivity contribution in [1.29, 1.82) is 0 Å². The maximum Gasteiger partial charge on any atom is 0.204 e. The SMILES string of the molecule is COc1ccc(-c2ccc3nnc(-c4ccc(OC)c(OC)c4OC)n3c2)cc1.